The lowest BCUT2D eigenvalue weighted by Crippen LogP contribution is -2.39. The molecule has 34 heavy (non-hydrogen) atoms. The van der Waals surface area contributed by atoms with E-state index in [4.69, 9.17) is 9.84 Å². The summed E-state index contributed by atoms with van der Waals surface area (Å²) >= 11 is 0. The molecule has 1 saturated carbocycles. The quantitative estimate of drug-likeness (QED) is 0.546. The lowest BCUT2D eigenvalue weighted by molar-refractivity contribution is -0.137. The highest BCUT2D eigenvalue weighted by Gasteiger charge is 2.34. The van der Waals surface area contributed by atoms with Crippen LogP contribution in [0.4, 0.5) is 17.6 Å². The maximum atomic E-state index is 14.7. The summed E-state index contributed by atoms with van der Waals surface area (Å²) in [6.45, 7) is 0.581. The van der Waals surface area contributed by atoms with Crippen LogP contribution in [0.3, 0.4) is 0 Å². The molecule has 0 radical (unpaired) electrons. The number of hydrogen-bond donors (Lipinski definition) is 1. The van der Waals surface area contributed by atoms with Crippen LogP contribution in [-0.4, -0.2) is 43.5 Å². The van der Waals surface area contributed by atoms with Crippen molar-refractivity contribution in [2.24, 2.45) is 5.92 Å². The number of carboxylic acid groups (broad SMARTS) is 1. The molecule has 0 aromatic heterocycles. The fourth-order valence-electron chi connectivity index (χ4n) is 4.11. The zero-order valence-electron chi connectivity index (χ0n) is 18.0. The summed E-state index contributed by atoms with van der Waals surface area (Å²) in [7, 11) is -3.92. The van der Waals surface area contributed by atoms with Gasteiger partial charge >= 0.3 is 12.1 Å². The van der Waals surface area contributed by atoms with E-state index in [1.54, 1.807) is 0 Å². The van der Waals surface area contributed by atoms with Crippen molar-refractivity contribution < 1.29 is 40.6 Å². The van der Waals surface area contributed by atoms with Gasteiger partial charge in [0.15, 0.2) is 0 Å². The number of piperidine rings is 1. The summed E-state index contributed by atoms with van der Waals surface area (Å²) in [5.74, 6) is -1.87. The van der Waals surface area contributed by atoms with Gasteiger partial charge in [0.1, 0.15) is 11.6 Å². The molecule has 1 heterocycles. The molecular weight excluding hydrogens is 478 g/mol. The van der Waals surface area contributed by atoms with Crippen molar-refractivity contribution in [2.75, 3.05) is 19.7 Å². The van der Waals surface area contributed by atoms with Crippen LogP contribution in [0.15, 0.2) is 41.3 Å². The molecule has 1 aliphatic heterocycles. The number of ether oxygens (including phenoxy) is 1. The number of sulfonamides is 1. The molecule has 1 N–H and O–H groups in total. The molecule has 0 spiro atoms. The van der Waals surface area contributed by atoms with E-state index in [9.17, 15) is 30.8 Å². The first-order chi connectivity index (χ1) is 16.0. The van der Waals surface area contributed by atoms with E-state index in [2.05, 4.69) is 0 Å². The van der Waals surface area contributed by atoms with Crippen LogP contribution in [0.25, 0.3) is 0 Å². The van der Waals surface area contributed by atoms with Gasteiger partial charge in [0.05, 0.1) is 22.6 Å². The Bertz CT molecular complexity index is 1170. The van der Waals surface area contributed by atoms with E-state index in [-0.39, 0.29) is 42.0 Å². The van der Waals surface area contributed by atoms with Gasteiger partial charge in [-0.25, -0.2) is 17.6 Å². The van der Waals surface area contributed by atoms with Gasteiger partial charge in [-0.1, -0.05) is 0 Å². The second-order valence-corrected chi connectivity index (χ2v) is 10.5. The maximum Gasteiger partial charge on any atom is 0.416 e. The van der Waals surface area contributed by atoms with Gasteiger partial charge in [-0.15, -0.1) is 0 Å². The SMILES string of the molecule is O=C(O)c1ccc(OCC2CCN(S(=O)(=O)c3ccc(C(F)(F)F)cc3)CC2)c(C2CC2)c1F. The van der Waals surface area contributed by atoms with E-state index in [0.717, 1.165) is 37.1 Å². The first kappa shape index (κ1) is 24.5. The number of carboxylic acids is 1. The van der Waals surface area contributed by atoms with Crippen molar-refractivity contribution in [2.45, 2.75) is 42.7 Å². The monoisotopic (exact) mass is 501 g/mol. The summed E-state index contributed by atoms with van der Waals surface area (Å²) in [6.07, 6.45) is -2.09. The molecule has 4 rings (SSSR count). The Morgan fingerprint density at radius 1 is 1.03 bits per heavy atom. The van der Waals surface area contributed by atoms with Crippen LogP contribution in [0.1, 0.15) is 53.1 Å². The van der Waals surface area contributed by atoms with Gasteiger partial charge in [-0.2, -0.15) is 17.5 Å². The highest BCUT2D eigenvalue weighted by atomic mass is 32.2. The molecule has 1 saturated heterocycles. The maximum absolute atomic E-state index is 14.7. The van der Waals surface area contributed by atoms with Gasteiger partial charge in [-0.05, 0) is 73.9 Å². The summed E-state index contributed by atoms with van der Waals surface area (Å²) in [4.78, 5) is 11.0. The minimum Gasteiger partial charge on any atom is -0.493 e. The summed E-state index contributed by atoms with van der Waals surface area (Å²) in [6, 6.07) is 6.06. The van der Waals surface area contributed by atoms with Gasteiger partial charge in [0.25, 0.3) is 0 Å². The number of carbonyl (C=O) groups is 1. The number of aromatic carboxylic acids is 1. The van der Waals surface area contributed by atoms with Crippen LogP contribution in [0, 0.1) is 11.7 Å². The minimum absolute atomic E-state index is 0.00619. The molecule has 11 heteroatoms. The van der Waals surface area contributed by atoms with Crippen LogP contribution in [0.2, 0.25) is 0 Å². The number of benzene rings is 2. The van der Waals surface area contributed by atoms with Crippen molar-refractivity contribution in [3.8, 4) is 5.75 Å². The Kier molecular flexibility index (Phi) is 6.61. The van der Waals surface area contributed by atoms with Crippen molar-refractivity contribution in [1.29, 1.82) is 0 Å². The van der Waals surface area contributed by atoms with Crippen LogP contribution in [0.5, 0.6) is 5.75 Å². The Morgan fingerprint density at radius 3 is 2.18 bits per heavy atom. The number of rotatable bonds is 7. The highest BCUT2D eigenvalue weighted by molar-refractivity contribution is 7.89. The van der Waals surface area contributed by atoms with Crippen molar-refractivity contribution in [3.63, 3.8) is 0 Å². The molecule has 184 valence electrons. The van der Waals surface area contributed by atoms with Gasteiger partial charge < -0.3 is 9.84 Å². The number of alkyl halides is 3. The predicted octanol–water partition coefficient (Wildman–Crippen LogP) is 4.90. The lowest BCUT2D eigenvalue weighted by Gasteiger charge is -2.31. The Morgan fingerprint density at radius 2 is 1.65 bits per heavy atom. The van der Waals surface area contributed by atoms with E-state index < -0.39 is 39.1 Å². The predicted molar refractivity (Wildman–Crippen MR) is 114 cm³/mol. The second-order valence-electron chi connectivity index (χ2n) is 8.60. The van der Waals surface area contributed by atoms with Crippen LogP contribution in [-0.2, 0) is 16.2 Å². The Hall–Kier alpha value is -2.66. The zero-order chi connectivity index (χ0) is 24.7. The Labute approximate surface area is 194 Å². The van der Waals surface area contributed by atoms with Crippen molar-refractivity contribution >= 4 is 16.0 Å². The lowest BCUT2D eigenvalue weighted by atomic mass is 9.99. The summed E-state index contributed by atoms with van der Waals surface area (Å²) < 4.78 is 85.6. The number of hydrogen-bond acceptors (Lipinski definition) is 4. The topological polar surface area (TPSA) is 83.9 Å². The molecule has 0 amide bonds. The first-order valence-electron chi connectivity index (χ1n) is 10.8. The first-order valence-corrected chi connectivity index (χ1v) is 12.3. The molecule has 2 aliphatic rings. The number of nitrogens with zero attached hydrogens (tertiary/aromatic N) is 1. The molecule has 2 fully saturated rings. The normalized spacial score (nSPS) is 18.1. The average Bonchev–Trinajstić information content (AvgIpc) is 3.62. The fourth-order valence-corrected chi connectivity index (χ4v) is 5.58. The third kappa shape index (κ3) is 5.05. The zero-order valence-corrected chi connectivity index (χ0v) is 18.8. The summed E-state index contributed by atoms with van der Waals surface area (Å²) in [5.41, 5.74) is -1.03. The van der Waals surface area contributed by atoms with Crippen LogP contribution < -0.4 is 4.74 Å². The second kappa shape index (κ2) is 9.18. The molecule has 0 unspecified atom stereocenters. The Balaban J connectivity index is 1.37. The third-order valence-corrected chi connectivity index (χ3v) is 8.14. The van der Waals surface area contributed by atoms with E-state index in [1.807, 2.05) is 0 Å². The number of halogens is 4. The largest absolute Gasteiger partial charge is 0.493 e. The smallest absolute Gasteiger partial charge is 0.416 e. The van der Waals surface area contributed by atoms with Gasteiger partial charge in [0.2, 0.25) is 10.0 Å². The van der Waals surface area contributed by atoms with Gasteiger partial charge in [0, 0.05) is 18.7 Å². The average molecular weight is 501 g/mol. The molecule has 2 aromatic rings. The van der Waals surface area contributed by atoms with Crippen molar-refractivity contribution in [1.82, 2.24) is 4.31 Å². The van der Waals surface area contributed by atoms with Crippen LogP contribution >= 0.6 is 0 Å². The minimum atomic E-state index is -4.54. The highest BCUT2D eigenvalue weighted by Crippen LogP contribution is 2.46. The van der Waals surface area contributed by atoms with E-state index in [0.29, 0.717) is 18.6 Å². The molecule has 2 aromatic carbocycles. The van der Waals surface area contributed by atoms with E-state index in [1.165, 1.54) is 16.4 Å². The van der Waals surface area contributed by atoms with Crippen molar-refractivity contribution in [3.05, 3.63) is 58.9 Å². The third-order valence-electron chi connectivity index (χ3n) is 6.22. The molecule has 0 atom stereocenters. The van der Waals surface area contributed by atoms with E-state index >= 15 is 0 Å². The summed E-state index contributed by atoms with van der Waals surface area (Å²) in [5, 5.41) is 9.15. The van der Waals surface area contributed by atoms with Gasteiger partial charge in [-0.3, -0.25) is 0 Å². The molecule has 1 aliphatic carbocycles. The molecular formula is C23H23F4NO5S. The standard InChI is InChI=1S/C23H23F4NO5S/c24-21-18(22(29)30)7-8-19(20(21)15-1-2-15)33-13-14-9-11-28(12-10-14)34(31,32)17-5-3-16(4-6-17)23(25,26)27/h3-8,14-15H,1-2,9-13H2,(H,29,30). The fraction of sp³-hybridized carbons (Fsp3) is 0.435. The molecule has 0 bridgehead atoms. The molecule has 6 nitrogen and oxygen atoms in total.